The lowest BCUT2D eigenvalue weighted by Gasteiger charge is -2.03. The van der Waals surface area contributed by atoms with E-state index in [9.17, 15) is 14.9 Å². The molecule has 16 heavy (non-hydrogen) atoms. The molecular weight excluding hydrogens is 391 g/mol. The third kappa shape index (κ3) is 2.56. The molecule has 0 fully saturated rings. The van der Waals surface area contributed by atoms with Gasteiger partial charge in [0.25, 0.3) is 5.69 Å². The Bertz CT molecular complexity index is 510. The maximum Gasteiger partial charge on any atom is 0.282 e. The second kappa shape index (κ2) is 5.36. The summed E-state index contributed by atoms with van der Waals surface area (Å²) in [5.74, 6) is -0.374. The summed E-state index contributed by atoms with van der Waals surface area (Å²) in [6.45, 7) is 0. The van der Waals surface area contributed by atoms with Crippen molar-refractivity contribution in [2.75, 3.05) is 5.33 Å². The lowest BCUT2D eigenvalue weighted by molar-refractivity contribution is -0.385. The van der Waals surface area contributed by atoms with Crippen LogP contribution >= 0.6 is 38.5 Å². The van der Waals surface area contributed by atoms with Gasteiger partial charge in [-0.3, -0.25) is 14.9 Å². The van der Waals surface area contributed by atoms with Gasteiger partial charge in [-0.2, -0.15) is 5.26 Å². The van der Waals surface area contributed by atoms with E-state index in [1.807, 2.05) is 28.7 Å². The number of nitro benzene ring substituents is 1. The molecule has 0 amide bonds. The topological polar surface area (TPSA) is 84.0 Å². The highest BCUT2D eigenvalue weighted by molar-refractivity contribution is 14.1. The lowest BCUT2D eigenvalue weighted by atomic mass is 10.1. The van der Waals surface area contributed by atoms with Crippen LogP contribution in [0.15, 0.2) is 12.1 Å². The van der Waals surface area contributed by atoms with E-state index in [0.29, 0.717) is 3.57 Å². The molecule has 1 aromatic rings. The molecule has 1 aromatic carbocycles. The molecule has 0 spiro atoms. The zero-order valence-electron chi connectivity index (χ0n) is 7.74. The van der Waals surface area contributed by atoms with Crippen molar-refractivity contribution in [3.8, 4) is 6.07 Å². The van der Waals surface area contributed by atoms with Crippen LogP contribution in [0, 0.1) is 25.0 Å². The largest absolute Gasteiger partial charge is 0.293 e. The molecule has 1 rings (SSSR count). The summed E-state index contributed by atoms with van der Waals surface area (Å²) in [5.41, 5.74) is -0.114. The zero-order chi connectivity index (χ0) is 12.3. The van der Waals surface area contributed by atoms with Gasteiger partial charge in [-0.15, -0.1) is 0 Å². The quantitative estimate of drug-likeness (QED) is 0.259. The highest BCUT2D eigenvalue weighted by Crippen LogP contribution is 2.26. The summed E-state index contributed by atoms with van der Waals surface area (Å²) >= 11 is 4.77. The predicted molar refractivity (Wildman–Crippen MR) is 68.7 cm³/mol. The highest BCUT2D eigenvalue weighted by atomic mass is 127. The highest BCUT2D eigenvalue weighted by Gasteiger charge is 2.23. The van der Waals surface area contributed by atoms with Gasteiger partial charge < -0.3 is 0 Å². The fourth-order valence-corrected chi connectivity index (χ4v) is 2.34. The molecule has 0 saturated carbocycles. The number of hydrogen-bond donors (Lipinski definition) is 0. The lowest BCUT2D eigenvalue weighted by Crippen LogP contribution is -2.08. The second-order valence-corrected chi connectivity index (χ2v) is 4.50. The average molecular weight is 395 g/mol. The monoisotopic (exact) mass is 394 g/mol. The number of rotatable bonds is 3. The van der Waals surface area contributed by atoms with Crippen molar-refractivity contribution in [1.29, 1.82) is 5.26 Å². The number of ketones is 1. The van der Waals surface area contributed by atoms with Gasteiger partial charge in [0.05, 0.1) is 21.9 Å². The number of Topliss-reactive ketones (excluding diaryl/α,β-unsaturated/α-hetero) is 1. The van der Waals surface area contributed by atoms with E-state index in [1.54, 1.807) is 0 Å². The van der Waals surface area contributed by atoms with E-state index in [1.165, 1.54) is 6.07 Å². The van der Waals surface area contributed by atoms with E-state index in [4.69, 9.17) is 5.26 Å². The molecule has 0 aromatic heterocycles. The summed E-state index contributed by atoms with van der Waals surface area (Å²) < 4.78 is 0.410. The van der Waals surface area contributed by atoms with Crippen LogP contribution < -0.4 is 0 Å². The van der Waals surface area contributed by atoms with Gasteiger partial charge in [0.15, 0.2) is 5.78 Å². The standard InChI is InChI=1S/C9H4BrIN2O3/c10-3-8(14)9-6(11)1-5(4-12)2-7(9)13(15)16/h1-2H,3H2. The average Bonchev–Trinajstić information content (AvgIpc) is 2.26. The number of carbonyl (C=O) groups is 1. The molecule has 0 aliphatic heterocycles. The first-order chi connectivity index (χ1) is 7.51. The fourth-order valence-electron chi connectivity index (χ4n) is 1.14. The summed E-state index contributed by atoms with van der Waals surface area (Å²) in [6.07, 6.45) is 0. The number of nitriles is 1. The summed E-state index contributed by atoms with van der Waals surface area (Å²) in [7, 11) is 0. The minimum Gasteiger partial charge on any atom is -0.293 e. The molecule has 0 saturated heterocycles. The molecule has 0 heterocycles. The van der Waals surface area contributed by atoms with Crippen molar-refractivity contribution >= 4 is 50.0 Å². The molecular formula is C9H4BrIN2O3. The molecule has 7 heteroatoms. The molecule has 0 atom stereocenters. The van der Waals surface area contributed by atoms with E-state index in [-0.39, 0.29) is 27.9 Å². The summed E-state index contributed by atoms with van der Waals surface area (Å²) in [5, 5.41) is 19.5. The Morgan fingerprint density at radius 1 is 1.62 bits per heavy atom. The van der Waals surface area contributed by atoms with Crippen LogP contribution in [0.25, 0.3) is 0 Å². The Balaban J connectivity index is 3.53. The van der Waals surface area contributed by atoms with Crippen molar-refractivity contribution < 1.29 is 9.72 Å². The third-order valence-corrected chi connectivity index (χ3v) is 3.16. The zero-order valence-corrected chi connectivity index (χ0v) is 11.5. The number of nitrogens with zero attached hydrogens (tertiary/aromatic N) is 2. The van der Waals surface area contributed by atoms with Crippen LogP contribution in [-0.4, -0.2) is 16.0 Å². The summed E-state index contributed by atoms with van der Waals surface area (Å²) in [4.78, 5) is 21.7. The first-order valence-corrected chi connectivity index (χ1v) is 6.18. The van der Waals surface area contributed by atoms with Gasteiger partial charge in [-0.25, -0.2) is 0 Å². The van der Waals surface area contributed by atoms with Gasteiger partial charge in [0.2, 0.25) is 0 Å². The van der Waals surface area contributed by atoms with Crippen molar-refractivity contribution in [3.05, 3.63) is 36.9 Å². The fraction of sp³-hybridized carbons (Fsp3) is 0.111. The molecule has 0 bridgehead atoms. The maximum atomic E-state index is 11.5. The van der Waals surface area contributed by atoms with Crippen molar-refractivity contribution in [2.24, 2.45) is 0 Å². The van der Waals surface area contributed by atoms with Crippen LogP contribution in [0.1, 0.15) is 15.9 Å². The predicted octanol–water partition coefficient (Wildman–Crippen LogP) is 2.65. The first kappa shape index (κ1) is 13.1. The minimum absolute atomic E-state index is 0.00966. The number of alkyl halides is 1. The maximum absolute atomic E-state index is 11.5. The Morgan fingerprint density at radius 2 is 2.25 bits per heavy atom. The van der Waals surface area contributed by atoms with Crippen LogP contribution in [0.4, 0.5) is 5.69 Å². The Morgan fingerprint density at radius 3 is 2.69 bits per heavy atom. The van der Waals surface area contributed by atoms with Gasteiger partial charge in [-0.05, 0) is 28.7 Å². The molecule has 5 nitrogen and oxygen atoms in total. The van der Waals surface area contributed by atoms with Crippen molar-refractivity contribution in [1.82, 2.24) is 0 Å². The van der Waals surface area contributed by atoms with Gasteiger partial charge in [0.1, 0.15) is 5.56 Å². The number of halogens is 2. The number of carbonyl (C=O) groups excluding carboxylic acids is 1. The SMILES string of the molecule is N#Cc1cc(I)c(C(=O)CBr)c([N+](=O)[O-])c1. The smallest absolute Gasteiger partial charge is 0.282 e. The summed E-state index contributed by atoms with van der Waals surface area (Å²) in [6, 6.07) is 4.37. The molecule has 0 radical (unpaired) electrons. The van der Waals surface area contributed by atoms with Gasteiger partial charge in [-0.1, -0.05) is 15.9 Å². The first-order valence-electron chi connectivity index (χ1n) is 3.98. The van der Waals surface area contributed by atoms with Crippen molar-refractivity contribution in [2.45, 2.75) is 0 Å². The van der Waals surface area contributed by atoms with Crippen molar-refractivity contribution in [3.63, 3.8) is 0 Å². The van der Waals surface area contributed by atoms with Crippen LogP contribution in [-0.2, 0) is 0 Å². The van der Waals surface area contributed by atoms with E-state index in [2.05, 4.69) is 15.9 Å². The van der Waals surface area contributed by atoms with E-state index < -0.39 is 4.92 Å². The molecule has 0 aliphatic carbocycles. The van der Waals surface area contributed by atoms with E-state index in [0.717, 1.165) is 6.07 Å². The minimum atomic E-state index is -0.654. The third-order valence-electron chi connectivity index (χ3n) is 1.80. The molecule has 0 aliphatic rings. The number of nitro groups is 1. The van der Waals surface area contributed by atoms with Crippen LogP contribution in [0.2, 0.25) is 0 Å². The Kier molecular flexibility index (Phi) is 4.37. The second-order valence-electron chi connectivity index (χ2n) is 2.78. The van der Waals surface area contributed by atoms with Gasteiger partial charge in [0, 0.05) is 9.64 Å². The molecule has 0 unspecified atom stereocenters. The van der Waals surface area contributed by atoms with Crippen LogP contribution in [0.5, 0.6) is 0 Å². The normalized spacial score (nSPS) is 9.56. The number of hydrogen-bond acceptors (Lipinski definition) is 4. The van der Waals surface area contributed by atoms with Gasteiger partial charge >= 0.3 is 0 Å². The Labute approximate surface area is 113 Å². The van der Waals surface area contributed by atoms with Crippen LogP contribution in [0.3, 0.4) is 0 Å². The molecule has 82 valence electrons. The van der Waals surface area contributed by atoms with E-state index >= 15 is 0 Å². The number of benzene rings is 1. The Hall–Kier alpha value is -1.01. The molecule has 0 N–H and O–H groups in total.